The van der Waals surface area contributed by atoms with E-state index in [2.05, 4.69) is 27.8 Å². The average molecular weight is 307 g/mol. The summed E-state index contributed by atoms with van der Waals surface area (Å²) >= 11 is 7.96. The van der Waals surface area contributed by atoms with Crippen molar-refractivity contribution in [3.63, 3.8) is 0 Å². The molecule has 0 bridgehead atoms. The third kappa shape index (κ3) is 4.05. The highest BCUT2D eigenvalue weighted by atomic mass is 35.5. The zero-order valence-corrected chi connectivity index (χ0v) is 13.0. The van der Waals surface area contributed by atoms with Gasteiger partial charge in [0.2, 0.25) is 0 Å². The number of hydrogen-bond donors (Lipinski definition) is 1. The van der Waals surface area contributed by atoms with Gasteiger partial charge < -0.3 is 5.32 Å². The molecule has 20 heavy (non-hydrogen) atoms. The van der Waals surface area contributed by atoms with E-state index in [-0.39, 0.29) is 0 Å². The van der Waals surface area contributed by atoms with Gasteiger partial charge >= 0.3 is 0 Å². The predicted molar refractivity (Wildman–Crippen MR) is 85.5 cm³/mol. The lowest BCUT2D eigenvalue weighted by Gasteiger charge is -2.17. The molecule has 106 valence electrons. The van der Waals surface area contributed by atoms with E-state index in [0.29, 0.717) is 5.92 Å². The van der Waals surface area contributed by atoms with Crippen LogP contribution < -0.4 is 5.32 Å². The molecule has 1 saturated carbocycles. The molecule has 2 aromatic rings. The van der Waals surface area contributed by atoms with Crippen LogP contribution in [0.5, 0.6) is 0 Å². The van der Waals surface area contributed by atoms with Crippen molar-refractivity contribution < 1.29 is 0 Å². The highest BCUT2D eigenvalue weighted by Gasteiger charge is 2.22. The lowest BCUT2D eigenvalue weighted by molar-refractivity contribution is 0.465. The Morgan fingerprint density at radius 3 is 2.85 bits per heavy atom. The van der Waals surface area contributed by atoms with Crippen LogP contribution in [0.3, 0.4) is 0 Å². The van der Waals surface area contributed by atoms with E-state index >= 15 is 0 Å². The largest absolute Gasteiger partial charge is 0.314 e. The van der Waals surface area contributed by atoms with Crippen molar-refractivity contribution in [2.24, 2.45) is 5.92 Å². The number of nitrogens with one attached hydrogen (secondary N) is 1. The normalized spacial score (nSPS) is 16.2. The molecule has 0 aliphatic heterocycles. The Hall–Kier alpha value is -0.900. The van der Waals surface area contributed by atoms with Gasteiger partial charge in [-0.1, -0.05) is 29.8 Å². The topological polar surface area (TPSA) is 24.9 Å². The molecule has 0 radical (unpaired) electrons. The molecule has 4 heteroatoms. The number of nitrogens with zero attached hydrogens (tertiary/aromatic N) is 1. The van der Waals surface area contributed by atoms with Crippen molar-refractivity contribution in [3.8, 4) is 0 Å². The third-order valence-corrected chi connectivity index (χ3v) is 4.72. The number of benzene rings is 1. The van der Waals surface area contributed by atoms with Crippen LogP contribution in [0.2, 0.25) is 5.02 Å². The van der Waals surface area contributed by atoms with E-state index in [1.807, 2.05) is 17.6 Å². The second-order valence-corrected chi connectivity index (χ2v) is 6.65. The summed E-state index contributed by atoms with van der Waals surface area (Å²) in [6, 6.07) is 8.91. The molecule has 3 rings (SSSR count). The Bertz CT molecular complexity index is 537. The van der Waals surface area contributed by atoms with E-state index in [4.69, 9.17) is 11.6 Å². The molecule has 1 N–H and O–H groups in total. The van der Waals surface area contributed by atoms with Gasteiger partial charge in [0.25, 0.3) is 0 Å². The van der Waals surface area contributed by atoms with Crippen LogP contribution in [0, 0.1) is 5.92 Å². The summed E-state index contributed by atoms with van der Waals surface area (Å²) in [6.45, 7) is 1.05. The molecule has 1 aromatic carbocycles. The van der Waals surface area contributed by atoms with E-state index in [0.717, 1.165) is 30.5 Å². The van der Waals surface area contributed by atoms with Gasteiger partial charge in [-0.05, 0) is 49.8 Å². The fraction of sp³-hybridized carbons (Fsp3) is 0.438. The Labute approximate surface area is 129 Å². The zero-order valence-electron chi connectivity index (χ0n) is 11.4. The van der Waals surface area contributed by atoms with Gasteiger partial charge in [0.05, 0.1) is 11.2 Å². The number of halogens is 1. The number of thiazole rings is 1. The minimum Gasteiger partial charge on any atom is -0.314 e. The van der Waals surface area contributed by atoms with Crippen LogP contribution in [0.1, 0.15) is 24.1 Å². The quantitative estimate of drug-likeness (QED) is 0.838. The molecule has 1 atom stereocenters. The maximum Gasteiger partial charge on any atom is 0.0794 e. The number of hydrogen-bond acceptors (Lipinski definition) is 3. The molecular weight excluding hydrogens is 288 g/mol. The van der Waals surface area contributed by atoms with Crippen molar-refractivity contribution in [2.75, 3.05) is 6.54 Å². The smallest absolute Gasteiger partial charge is 0.0794 e. The summed E-state index contributed by atoms with van der Waals surface area (Å²) in [4.78, 5) is 4.42. The average Bonchev–Trinajstić information content (AvgIpc) is 3.15. The molecule has 1 fully saturated rings. The van der Waals surface area contributed by atoms with Crippen LogP contribution in [0.4, 0.5) is 0 Å². The fourth-order valence-corrected chi connectivity index (χ4v) is 3.23. The van der Waals surface area contributed by atoms with Gasteiger partial charge in [0.15, 0.2) is 0 Å². The first kappa shape index (κ1) is 14.1. The fourth-order valence-electron chi connectivity index (χ4n) is 2.45. The SMILES string of the molecule is Clc1ccccc1CC(CNC1CC1)Cc1cscn1. The monoisotopic (exact) mass is 306 g/mol. The second kappa shape index (κ2) is 6.70. The Morgan fingerprint density at radius 1 is 1.30 bits per heavy atom. The van der Waals surface area contributed by atoms with E-state index < -0.39 is 0 Å². The maximum absolute atomic E-state index is 6.29. The van der Waals surface area contributed by atoms with Gasteiger partial charge in [-0.15, -0.1) is 11.3 Å². The molecule has 1 aromatic heterocycles. The maximum atomic E-state index is 6.29. The van der Waals surface area contributed by atoms with Crippen molar-refractivity contribution in [2.45, 2.75) is 31.7 Å². The first-order chi connectivity index (χ1) is 9.81. The van der Waals surface area contributed by atoms with Crippen LogP contribution in [0.15, 0.2) is 35.2 Å². The zero-order chi connectivity index (χ0) is 13.8. The minimum absolute atomic E-state index is 0.553. The van der Waals surface area contributed by atoms with Gasteiger partial charge in [-0.25, -0.2) is 4.98 Å². The first-order valence-electron chi connectivity index (χ1n) is 7.15. The molecule has 0 saturated heterocycles. The van der Waals surface area contributed by atoms with E-state index in [9.17, 15) is 0 Å². The summed E-state index contributed by atoms with van der Waals surface area (Å²) in [5.41, 5.74) is 4.35. The van der Waals surface area contributed by atoms with Gasteiger partial charge in [-0.3, -0.25) is 0 Å². The van der Waals surface area contributed by atoms with Crippen LogP contribution in [-0.4, -0.2) is 17.6 Å². The molecule has 0 spiro atoms. The molecule has 2 nitrogen and oxygen atoms in total. The Morgan fingerprint density at radius 2 is 2.15 bits per heavy atom. The Balaban J connectivity index is 1.65. The van der Waals surface area contributed by atoms with Crippen LogP contribution >= 0.6 is 22.9 Å². The van der Waals surface area contributed by atoms with Crippen molar-refractivity contribution in [1.82, 2.24) is 10.3 Å². The number of rotatable bonds is 7. The third-order valence-electron chi connectivity index (χ3n) is 3.72. The van der Waals surface area contributed by atoms with E-state index in [1.165, 1.54) is 24.1 Å². The summed E-state index contributed by atoms with van der Waals surface area (Å²) in [5, 5.41) is 6.67. The highest BCUT2D eigenvalue weighted by Crippen LogP contribution is 2.23. The first-order valence-corrected chi connectivity index (χ1v) is 8.47. The number of aromatic nitrogens is 1. The molecule has 1 aliphatic rings. The molecule has 0 amide bonds. The van der Waals surface area contributed by atoms with E-state index in [1.54, 1.807) is 11.3 Å². The van der Waals surface area contributed by atoms with Crippen molar-refractivity contribution in [3.05, 3.63) is 51.4 Å². The molecule has 1 unspecified atom stereocenters. The van der Waals surface area contributed by atoms with Gasteiger partial charge in [0.1, 0.15) is 0 Å². The summed E-state index contributed by atoms with van der Waals surface area (Å²) in [6.07, 6.45) is 4.69. The van der Waals surface area contributed by atoms with Gasteiger partial charge in [0, 0.05) is 16.4 Å². The minimum atomic E-state index is 0.553. The van der Waals surface area contributed by atoms with Crippen LogP contribution in [0.25, 0.3) is 0 Å². The summed E-state index contributed by atoms with van der Waals surface area (Å²) < 4.78 is 0. The predicted octanol–water partition coefficient (Wildman–Crippen LogP) is 3.95. The summed E-state index contributed by atoms with van der Waals surface area (Å²) in [5.74, 6) is 0.553. The second-order valence-electron chi connectivity index (χ2n) is 5.53. The molecular formula is C16H19ClN2S. The Kier molecular flexibility index (Phi) is 4.71. The molecule has 1 heterocycles. The van der Waals surface area contributed by atoms with Crippen molar-refractivity contribution in [1.29, 1.82) is 0 Å². The van der Waals surface area contributed by atoms with Gasteiger partial charge in [-0.2, -0.15) is 0 Å². The molecule has 1 aliphatic carbocycles. The standard InChI is InChI=1S/C16H19ClN2S/c17-16-4-2-1-3-13(16)7-12(9-18-14-5-6-14)8-15-10-20-11-19-15/h1-4,10-12,14,18H,5-9H2. The van der Waals surface area contributed by atoms with Crippen LogP contribution in [-0.2, 0) is 12.8 Å². The highest BCUT2D eigenvalue weighted by molar-refractivity contribution is 7.07. The lowest BCUT2D eigenvalue weighted by Crippen LogP contribution is -2.27. The van der Waals surface area contributed by atoms with Crippen molar-refractivity contribution >= 4 is 22.9 Å². The summed E-state index contributed by atoms with van der Waals surface area (Å²) in [7, 11) is 0. The lowest BCUT2D eigenvalue weighted by atomic mass is 9.95.